The van der Waals surface area contributed by atoms with Crippen molar-refractivity contribution in [3.8, 4) is 0 Å². The predicted molar refractivity (Wildman–Crippen MR) is 88.9 cm³/mol. The molecule has 2 heterocycles. The molecule has 2 aromatic rings. The maximum absolute atomic E-state index is 9.19. The van der Waals surface area contributed by atoms with Gasteiger partial charge >= 0.3 is 0 Å². The number of halogens is 2. The lowest BCUT2D eigenvalue weighted by Gasteiger charge is -2.36. The Hall–Kier alpha value is -1.01. The normalized spacial score (nSPS) is 15.6. The minimum Gasteiger partial charge on any atom is -0.391 e. The van der Waals surface area contributed by atoms with Crippen LogP contribution < -0.4 is 9.80 Å². The molecule has 0 amide bonds. The number of thiazole rings is 1. The van der Waals surface area contributed by atoms with Crippen LogP contribution >= 0.6 is 34.5 Å². The third-order valence-corrected chi connectivity index (χ3v) is 5.30. The van der Waals surface area contributed by atoms with Gasteiger partial charge in [-0.05, 0) is 24.3 Å². The van der Waals surface area contributed by atoms with Gasteiger partial charge in [-0.1, -0.05) is 34.5 Å². The Balaban J connectivity index is 1.65. The van der Waals surface area contributed by atoms with Gasteiger partial charge in [-0.25, -0.2) is 4.98 Å². The van der Waals surface area contributed by atoms with Gasteiger partial charge in [-0.2, -0.15) is 0 Å². The first-order valence-corrected chi connectivity index (χ1v) is 8.26. The van der Waals surface area contributed by atoms with E-state index in [0.717, 1.165) is 41.2 Å². The third-order valence-electron chi connectivity index (χ3n) is 3.52. The average Bonchev–Trinajstić information content (AvgIpc) is 2.89. The molecule has 4 nitrogen and oxygen atoms in total. The quantitative estimate of drug-likeness (QED) is 0.928. The SMILES string of the molecule is OCc1sc(N2CCN(c3ccc(Cl)cc3)CC2)nc1Cl. The lowest BCUT2D eigenvalue weighted by molar-refractivity contribution is 0.285. The van der Waals surface area contributed by atoms with E-state index in [1.165, 1.54) is 17.0 Å². The van der Waals surface area contributed by atoms with E-state index in [0.29, 0.717) is 5.15 Å². The second kappa shape index (κ2) is 6.40. The Morgan fingerprint density at radius 2 is 1.67 bits per heavy atom. The number of aliphatic hydroxyl groups excluding tert-OH is 1. The van der Waals surface area contributed by atoms with Gasteiger partial charge in [0, 0.05) is 36.9 Å². The number of anilines is 2. The fraction of sp³-hybridized carbons (Fsp3) is 0.357. The summed E-state index contributed by atoms with van der Waals surface area (Å²) in [6.45, 7) is 3.57. The Morgan fingerprint density at radius 3 is 2.24 bits per heavy atom. The van der Waals surface area contributed by atoms with Gasteiger partial charge in [0.15, 0.2) is 5.13 Å². The fourth-order valence-electron chi connectivity index (χ4n) is 2.36. The summed E-state index contributed by atoms with van der Waals surface area (Å²) in [5.74, 6) is 0. The molecule has 0 spiro atoms. The molecule has 1 aliphatic heterocycles. The largest absolute Gasteiger partial charge is 0.391 e. The van der Waals surface area contributed by atoms with Gasteiger partial charge in [0.25, 0.3) is 0 Å². The van der Waals surface area contributed by atoms with Crippen LogP contribution in [0.2, 0.25) is 10.2 Å². The van der Waals surface area contributed by atoms with Crippen LogP contribution in [0.3, 0.4) is 0 Å². The highest BCUT2D eigenvalue weighted by Gasteiger charge is 2.21. The Kier molecular flexibility index (Phi) is 4.54. The molecule has 1 N–H and O–H groups in total. The summed E-state index contributed by atoms with van der Waals surface area (Å²) in [5, 5.41) is 11.3. The van der Waals surface area contributed by atoms with E-state index >= 15 is 0 Å². The molecule has 3 rings (SSSR count). The van der Waals surface area contributed by atoms with Gasteiger partial charge in [-0.3, -0.25) is 0 Å². The van der Waals surface area contributed by atoms with E-state index in [4.69, 9.17) is 23.2 Å². The van der Waals surface area contributed by atoms with E-state index < -0.39 is 0 Å². The Labute approximate surface area is 137 Å². The number of nitrogens with zero attached hydrogens (tertiary/aromatic N) is 3. The average molecular weight is 344 g/mol. The molecule has 0 radical (unpaired) electrons. The highest BCUT2D eigenvalue weighted by molar-refractivity contribution is 7.16. The topological polar surface area (TPSA) is 39.6 Å². The first kappa shape index (κ1) is 14.9. The summed E-state index contributed by atoms with van der Waals surface area (Å²) in [7, 11) is 0. The van der Waals surface area contributed by atoms with E-state index in [-0.39, 0.29) is 6.61 Å². The van der Waals surface area contributed by atoms with E-state index in [1.807, 2.05) is 24.3 Å². The Morgan fingerprint density at radius 1 is 1.05 bits per heavy atom. The summed E-state index contributed by atoms with van der Waals surface area (Å²) < 4.78 is 0. The molecule has 1 aromatic heterocycles. The molecule has 1 aliphatic rings. The molecule has 0 bridgehead atoms. The summed E-state index contributed by atoms with van der Waals surface area (Å²) in [5.41, 5.74) is 1.19. The number of hydrogen-bond acceptors (Lipinski definition) is 5. The van der Waals surface area contributed by atoms with Crippen molar-refractivity contribution in [3.63, 3.8) is 0 Å². The second-order valence-electron chi connectivity index (χ2n) is 4.82. The van der Waals surface area contributed by atoms with Crippen LogP contribution in [-0.4, -0.2) is 36.3 Å². The molecule has 0 unspecified atom stereocenters. The molecule has 1 fully saturated rings. The first-order chi connectivity index (χ1) is 10.2. The number of benzene rings is 1. The molecule has 112 valence electrons. The minimum atomic E-state index is -0.0543. The zero-order chi connectivity index (χ0) is 14.8. The lowest BCUT2D eigenvalue weighted by Crippen LogP contribution is -2.46. The van der Waals surface area contributed by atoms with Crippen molar-refractivity contribution in [2.24, 2.45) is 0 Å². The molecule has 1 saturated heterocycles. The minimum absolute atomic E-state index is 0.0543. The van der Waals surface area contributed by atoms with E-state index in [2.05, 4.69) is 14.8 Å². The van der Waals surface area contributed by atoms with Crippen molar-refractivity contribution in [1.82, 2.24) is 4.98 Å². The first-order valence-electron chi connectivity index (χ1n) is 6.69. The smallest absolute Gasteiger partial charge is 0.187 e. The monoisotopic (exact) mass is 343 g/mol. The van der Waals surface area contributed by atoms with Gasteiger partial charge in [0.2, 0.25) is 0 Å². The maximum atomic E-state index is 9.19. The standard InChI is InChI=1S/C14H15Cl2N3OS/c15-10-1-3-11(4-2-10)18-5-7-19(8-6-18)14-17-13(16)12(9-20)21-14/h1-4,20H,5-9H2. The summed E-state index contributed by atoms with van der Waals surface area (Å²) >= 11 is 13.4. The van der Waals surface area contributed by atoms with Crippen LogP contribution in [0, 0.1) is 0 Å². The molecule has 21 heavy (non-hydrogen) atoms. The molecule has 0 aliphatic carbocycles. The van der Waals surface area contributed by atoms with Crippen molar-refractivity contribution >= 4 is 45.4 Å². The van der Waals surface area contributed by atoms with Crippen LogP contribution in [-0.2, 0) is 6.61 Å². The van der Waals surface area contributed by atoms with Crippen LogP contribution in [0.15, 0.2) is 24.3 Å². The highest BCUT2D eigenvalue weighted by atomic mass is 35.5. The fourth-order valence-corrected chi connectivity index (χ4v) is 3.66. The predicted octanol–water partition coefficient (Wildman–Crippen LogP) is 3.27. The van der Waals surface area contributed by atoms with Crippen molar-refractivity contribution in [2.45, 2.75) is 6.61 Å². The van der Waals surface area contributed by atoms with Gasteiger partial charge < -0.3 is 14.9 Å². The maximum Gasteiger partial charge on any atom is 0.187 e. The third kappa shape index (κ3) is 3.26. The van der Waals surface area contributed by atoms with Gasteiger partial charge in [0.1, 0.15) is 5.15 Å². The number of aromatic nitrogens is 1. The van der Waals surface area contributed by atoms with Gasteiger partial charge in [0.05, 0.1) is 11.5 Å². The molecular formula is C14H15Cl2N3OS. The van der Waals surface area contributed by atoms with Crippen LogP contribution in [0.25, 0.3) is 0 Å². The van der Waals surface area contributed by atoms with Crippen LogP contribution in [0.5, 0.6) is 0 Å². The van der Waals surface area contributed by atoms with Crippen LogP contribution in [0.4, 0.5) is 10.8 Å². The number of piperazine rings is 1. The number of rotatable bonds is 3. The number of hydrogen-bond donors (Lipinski definition) is 1. The zero-order valence-corrected chi connectivity index (χ0v) is 13.6. The second-order valence-corrected chi connectivity index (χ2v) is 6.68. The van der Waals surface area contributed by atoms with Crippen molar-refractivity contribution in [1.29, 1.82) is 0 Å². The van der Waals surface area contributed by atoms with E-state index in [9.17, 15) is 5.11 Å². The van der Waals surface area contributed by atoms with Crippen molar-refractivity contribution in [3.05, 3.63) is 39.3 Å². The summed E-state index contributed by atoms with van der Waals surface area (Å²) in [6, 6.07) is 7.92. The number of aliphatic hydroxyl groups is 1. The molecule has 7 heteroatoms. The zero-order valence-electron chi connectivity index (χ0n) is 11.3. The summed E-state index contributed by atoms with van der Waals surface area (Å²) in [6.07, 6.45) is 0. The Bertz CT molecular complexity index is 609. The lowest BCUT2D eigenvalue weighted by atomic mass is 10.2. The molecular weight excluding hydrogens is 329 g/mol. The molecule has 0 saturated carbocycles. The molecule has 1 aromatic carbocycles. The van der Waals surface area contributed by atoms with Crippen molar-refractivity contribution in [2.75, 3.05) is 36.0 Å². The highest BCUT2D eigenvalue weighted by Crippen LogP contribution is 2.30. The van der Waals surface area contributed by atoms with Gasteiger partial charge in [-0.15, -0.1) is 0 Å². The van der Waals surface area contributed by atoms with E-state index in [1.54, 1.807) is 0 Å². The molecule has 0 atom stereocenters. The summed E-state index contributed by atoms with van der Waals surface area (Å²) in [4.78, 5) is 9.60. The van der Waals surface area contributed by atoms with Crippen LogP contribution in [0.1, 0.15) is 4.88 Å². The van der Waals surface area contributed by atoms with Crippen molar-refractivity contribution < 1.29 is 5.11 Å².